The van der Waals surface area contributed by atoms with Crippen LogP contribution in [0.25, 0.3) is 0 Å². The number of halogens is 2. The van der Waals surface area contributed by atoms with Crippen molar-refractivity contribution in [2.75, 3.05) is 12.4 Å². The Bertz CT molecular complexity index is 682. The fourth-order valence-corrected chi connectivity index (χ4v) is 1.93. The zero-order valence-electron chi connectivity index (χ0n) is 11.0. The lowest BCUT2D eigenvalue weighted by Gasteiger charge is -2.10. The summed E-state index contributed by atoms with van der Waals surface area (Å²) >= 11 is 5.66. The van der Waals surface area contributed by atoms with E-state index in [0.717, 1.165) is 6.07 Å². The molecule has 0 atom stereocenters. The van der Waals surface area contributed by atoms with Gasteiger partial charge in [0.05, 0.1) is 23.1 Å². The quantitative estimate of drug-likeness (QED) is 0.676. The minimum atomic E-state index is -0.840. The molecule has 0 radical (unpaired) electrons. The molecule has 0 spiro atoms. The number of nitro groups is 1. The number of ether oxygens (including phenoxy) is 1. The predicted molar refractivity (Wildman–Crippen MR) is 76.2 cm³/mol. The first-order chi connectivity index (χ1) is 10.0. The minimum absolute atomic E-state index is 0.123. The second kappa shape index (κ2) is 6.36. The molecule has 21 heavy (non-hydrogen) atoms. The van der Waals surface area contributed by atoms with Crippen LogP contribution in [0.3, 0.4) is 0 Å². The fraction of sp³-hybridized carbons (Fsp3) is 0.154. The topological polar surface area (TPSA) is 77.3 Å². The smallest absolute Gasteiger partial charge is 0.295 e. The van der Waals surface area contributed by atoms with Gasteiger partial charge in [-0.15, -0.1) is 0 Å². The van der Waals surface area contributed by atoms with Crippen LogP contribution in [-0.2, 0) is 6.54 Å². The molecule has 1 aromatic heterocycles. The molecular formula is C13H11ClFN3O3. The van der Waals surface area contributed by atoms with Gasteiger partial charge in [-0.25, -0.2) is 9.37 Å². The fourth-order valence-electron chi connectivity index (χ4n) is 1.76. The number of methoxy groups -OCH3 is 1. The van der Waals surface area contributed by atoms with Gasteiger partial charge in [-0.3, -0.25) is 10.1 Å². The van der Waals surface area contributed by atoms with Crippen LogP contribution in [-0.4, -0.2) is 17.0 Å². The average Bonchev–Trinajstić information content (AvgIpc) is 2.48. The van der Waals surface area contributed by atoms with Gasteiger partial charge in [-0.05, 0) is 12.1 Å². The van der Waals surface area contributed by atoms with E-state index in [-0.39, 0.29) is 22.9 Å². The van der Waals surface area contributed by atoms with Gasteiger partial charge in [-0.2, -0.15) is 0 Å². The lowest BCUT2D eigenvalue weighted by molar-refractivity contribution is -0.384. The third-order valence-electron chi connectivity index (χ3n) is 2.75. The SMILES string of the molecule is COc1ncccc1CNc1cc(Cl)c(F)cc1[N+](=O)[O-]. The number of nitrogens with zero attached hydrogens (tertiary/aromatic N) is 2. The average molecular weight is 312 g/mol. The molecular weight excluding hydrogens is 301 g/mol. The molecule has 0 fully saturated rings. The van der Waals surface area contributed by atoms with Gasteiger partial charge in [0, 0.05) is 18.3 Å². The maximum absolute atomic E-state index is 13.3. The van der Waals surface area contributed by atoms with E-state index >= 15 is 0 Å². The van der Waals surface area contributed by atoms with Crippen LogP contribution >= 0.6 is 11.6 Å². The summed E-state index contributed by atoms with van der Waals surface area (Å²) in [5.41, 5.74) is 0.437. The van der Waals surface area contributed by atoms with Crippen LogP contribution < -0.4 is 10.1 Å². The molecule has 1 aromatic carbocycles. The van der Waals surface area contributed by atoms with Crippen molar-refractivity contribution in [1.29, 1.82) is 0 Å². The number of nitro benzene ring substituents is 1. The molecule has 0 saturated heterocycles. The van der Waals surface area contributed by atoms with E-state index in [4.69, 9.17) is 16.3 Å². The summed E-state index contributed by atoms with van der Waals surface area (Å²) in [6.45, 7) is 0.222. The van der Waals surface area contributed by atoms with Crippen molar-refractivity contribution >= 4 is 23.0 Å². The number of hydrogen-bond donors (Lipinski definition) is 1. The summed E-state index contributed by atoms with van der Waals surface area (Å²) in [6, 6.07) is 5.43. The Morgan fingerprint density at radius 1 is 1.52 bits per heavy atom. The normalized spacial score (nSPS) is 10.2. The summed E-state index contributed by atoms with van der Waals surface area (Å²) in [6.07, 6.45) is 1.57. The molecule has 8 heteroatoms. The molecule has 0 amide bonds. The lowest BCUT2D eigenvalue weighted by atomic mass is 10.2. The third-order valence-corrected chi connectivity index (χ3v) is 3.04. The first-order valence-corrected chi connectivity index (χ1v) is 6.26. The van der Waals surface area contributed by atoms with E-state index in [1.54, 1.807) is 18.3 Å². The Hall–Kier alpha value is -2.41. The number of aromatic nitrogens is 1. The van der Waals surface area contributed by atoms with Crippen LogP contribution in [0, 0.1) is 15.9 Å². The summed E-state index contributed by atoms with van der Waals surface area (Å²) in [5, 5.41) is 13.6. The second-order valence-corrected chi connectivity index (χ2v) is 4.47. The van der Waals surface area contributed by atoms with E-state index in [0.29, 0.717) is 11.4 Å². The highest BCUT2D eigenvalue weighted by atomic mass is 35.5. The molecule has 0 aliphatic rings. The van der Waals surface area contributed by atoms with Gasteiger partial charge in [0.1, 0.15) is 11.5 Å². The van der Waals surface area contributed by atoms with Crippen molar-refractivity contribution in [1.82, 2.24) is 4.98 Å². The second-order valence-electron chi connectivity index (χ2n) is 4.07. The molecule has 2 aromatic rings. The van der Waals surface area contributed by atoms with E-state index < -0.39 is 10.7 Å². The number of benzene rings is 1. The van der Waals surface area contributed by atoms with Crippen molar-refractivity contribution in [3.63, 3.8) is 0 Å². The molecule has 0 saturated carbocycles. The summed E-state index contributed by atoms with van der Waals surface area (Å²) in [4.78, 5) is 14.3. The Morgan fingerprint density at radius 2 is 2.29 bits per heavy atom. The molecule has 1 heterocycles. The van der Waals surface area contributed by atoms with E-state index in [1.807, 2.05) is 0 Å². The first-order valence-electron chi connectivity index (χ1n) is 5.88. The zero-order valence-corrected chi connectivity index (χ0v) is 11.7. The Morgan fingerprint density at radius 3 is 2.95 bits per heavy atom. The number of nitrogens with one attached hydrogen (secondary N) is 1. The van der Waals surface area contributed by atoms with Crippen LogP contribution in [0.4, 0.5) is 15.8 Å². The van der Waals surface area contributed by atoms with Crippen LogP contribution in [0.1, 0.15) is 5.56 Å². The minimum Gasteiger partial charge on any atom is -0.481 e. The van der Waals surface area contributed by atoms with Crippen molar-refractivity contribution < 1.29 is 14.1 Å². The summed E-state index contributed by atoms with van der Waals surface area (Å²) < 4.78 is 18.4. The summed E-state index contributed by atoms with van der Waals surface area (Å²) in [7, 11) is 1.48. The number of pyridine rings is 1. The maximum Gasteiger partial charge on any atom is 0.295 e. The predicted octanol–water partition coefficient (Wildman–Crippen LogP) is 3.40. The monoisotopic (exact) mass is 311 g/mol. The highest BCUT2D eigenvalue weighted by Crippen LogP contribution is 2.31. The molecule has 0 aliphatic heterocycles. The summed E-state index contributed by atoms with van der Waals surface area (Å²) in [5.74, 6) is -0.436. The number of rotatable bonds is 5. The highest BCUT2D eigenvalue weighted by molar-refractivity contribution is 6.31. The van der Waals surface area contributed by atoms with Gasteiger partial charge < -0.3 is 10.1 Å². The van der Waals surface area contributed by atoms with Crippen LogP contribution in [0.15, 0.2) is 30.5 Å². The van der Waals surface area contributed by atoms with Gasteiger partial charge in [0.25, 0.3) is 5.69 Å². The van der Waals surface area contributed by atoms with Crippen molar-refractivity contribution in [3.8, 4) is 5.88 Å². The molecule has 2 rings (SSSR count). The van der Waals surface area contributed by atoms with Gasteiger partial charge >= 0.3 is 0 Å². The first kappa shape index (κ1) is 15.0. The van der Waals surface area contributed by atoms with E-state index in [2.05, 4.69) is 10.3 Å². The van der Waals surface area contributed by atoms with E-state index in [1.165, 1.54) is 13.2 Å². The Labute approximate surface area is 124 Å². The van der Waals surface area contributed by atoms with Crippen molar-refractivity contribution in [2.45, 2.75) is 6.54 Å². The molecule has 0 aliphatic carbocycles. The Balaban J connectivity index is 2.27. The highest BCUT2D eigenvalue weighted by Gasteiger charge is 2.18. The van der Waals surface area contributed by atoms with Crippen LogP contribution in [0.2, 0.25) is 5.02 Å². The molecule has 0 bridgehead atoms. The largest absolute Gasteiger partial charge is 0.481 e. The third kappa shape index (κ3) is 3.38. The molecule has 110 valence electrons. The zero-order chi connectivity index (χ0) is 15.4. The molecule has 0 unspecified atom stereocenters. The van der Waals surface area contributed by atoms with E-state index in [9.17, 15) is 14.5 Å². The molecule has 1 N–H and O–H groups in total. The number of hydrogen-bond acceptors (Lipinski definition) is 5. The Kier molecular flexibility index (Phi) is 4.54. The number of anilines is 1. The van der Waals surface area contributed by atoms with Crippen molar-refractivity contribution in [3.05, 3.63) is 57.0 Å². The van der Waals surface area contributed by atoms with Crippen LogP contribution in [0.5, 0.6) is 5.88 Å². The maximum atomic E-state index is 13.3. The lowest BCUT2D eigenvalue weighted by Crippen LogP contribution is -2.05. The van der Waals surface area contributed by atoms with Crippen molar-refractivity contribution in [2.24, 2.45) is 0 Å². The van der Waals surface area contributed by atoms with Gasteiger partial charge in [0.2, 0.25) is 5.88 Å². The standard InChI is InChI=1S/C13H11ClFN3O3/c1-21-13-8(3-2-4-16-13)7-17-11-5-9(14)10(15)6-12(11)18(19)20/h2-6,17H,7H2,1H3. The van der Waals surface area contributed by atoms with Gasteiger partial charge in [0.15, 0.2) is 0 Å². The van der Waals surface area contributed by atoms with Gasteiger partial charge in [-0.1, -0.05) is 17.7 Å². The molecule has 6 nitrogen and oxygen atoms in total.